The quantitative estimate of drug-likeness (QED) is 0.607. The van der Waals surface area contributed by atoms with Gasteiger partial charge in [0.1, 0.15) is 0 Å². The van der Waals surface area contributed by atoms with Crippen LogP contribution in [-0.2, 0) is 16.4 Å². The van der Waals surface area contributed by atoms with Gasteiger partial charge in [-0.05, 0) is 84.8 Å². The summed E-state index contributed by atoms with van der Waals surface area (Å²) in [5, 5.41) is 2.87. The zero-order valence-corrected chi connectivity index (χ0v) is 18.9. The molecule has 0 atom stereocenters. The van der Waals surface area contributed by atoms with E-state index in [0.29, 0.717) is 30.3 Å². The zero-order valence-electron chi connectivity index (χ0n) is 18.1. The molecule has 166 valence electrons. The van der Waals surface area contributed by atoms with E-state index in [-0.39, 0.29) is 10.8 Å². The molecule has 7 heteroatoms. The number of nitrogens with one attached hydrogen (secondary N) is 1. The van der Waals surface area contributed by atoms with Crippen molar-refractivity contribution in [3.8, 4) is 0 Å². The Morgan fingerprint density at radius 3 is 2.16 bits per heavy atom. The van der Waals surface area contributed by atoms with Crippen LogP contribution < -0.4 is 5.32 Å². The predicted molar refractivity (Wildman–Crippen MR) is 125 cm³/mol. The van der Waals surface area contributed by atoms with E-state index < -0.39 is 10.0 Å². The van der Waals surface area contributed by atoms with Gasteiger partial charge >= 0.3 is 0 Å². The average molecular weight is 450 g/mol. The third kappa shape index (κ3) is 5.23. The summed E-state index contributed by atoms with van der Waals surface area (Å²) in [6.07, 6.45) is 6.09. The van der Waals surface area contributed by atoms with Gasteiger partial charge in [0.2, 0.25) is 10.0 Å². The number of rotatable bonds is 6. The minimum absolute atomic E-state index is 0.226. The number of nitrogens with zero attached hydrogens (tertiary/aromatic N) is 2. The van der Waals surface area contributed by atoms with Crippen LogP contribution in [-0.4, -0.2) is 36.7 Å². The molecule has 3 aromatic rings. The maximum absolute atomic E-state index is 12.9. The maximum Gasteiger partial charge on any atom is 0.255 e. The molecular weight excluding hydrogens is 422 g/mol. The largest absolute Gasteiger partial charge is 0.322 e. The van der Waals surface area contributed by atoms with Gasteiger partial charge in [0, 0.05) is 36.7 Å². The van der Waals surface area contributed by atoms with Gasteiger partial charge in [-0.25, -0.2) is 8.42 Å². The summed E-state index contributed by atoms with van der Waals surface area (Å²) in [5.41, 5.74) is 3.41. The van der Waals surface area contributed by atoms with Crippen LogP contribution in [0.15, 0.2) is 78.0 Å². The number of carbonyl (C=O) groups is 1. The zero-order chi connectivity index (χ0) is 22.6. The first-order valence-corrected chi connectivity index (χ1v) is 12.3. The number of benzene rings is 2. The summed E-state index contributed by atoms with van der Waals surface area (Å²) in [5.74, 6) is 0.278. The number of aromatic nitrogens is 1. The predicted octanol–water partition coefficient (Wildman–Crippen LogP) is 4.35. The van der Waals surface area contributed by atoms with Gasteiger partial charge < -0.3 is 5.32 Å². The van der Waals surface area contributed by atoms with Crippen molar-refractivity contribution in [2.24, 2.45) is 5.92 Å². The molecule has 2 heterocycles. The highest BCUT2D eigenvalue weighted by Gasteiger charge is 2.28. The lowest BCUT2D eigenvalue weighted by molar-refractivity contribution is 0.102. The molecule has 1 aliphatic rings. The van der Waals surface area contributed by atoms with Crippen LogP contribution in [0.1, 0.15) is 41.3 Å². The molecule has 0 aliphatic carbocycles. The fourth-order valence-corrected chi connectivity index (χ4v) is 5.27. The molecule has 0 bridgehead atoms. The average Bonchev–Trinajstić information content (AvgIpc) is 2.81. The fraction of sp³-hybridized carbons (Fsp3) is 0.280. The number of sulfonamides is 1. The first-order valence-electron chi connectivity index (χ1n) is 10.8. The molecule has 4 rings (SSSR count). The SMILES string of the molecule is CC1CCN(S(=O)(=O)c2ccc(C(=O)Nc3ccc(Cc4ccncc4)cc3)cc2)CC1. The highest BCUT2D eigenvalue weighted by atomic mass is 32.2. The highest BCUT2D eigenvalue weighted by molar-refractivity contribution is 7.89. The lowest BCUT2D eigenvalue weighted by atomic mass is 10.0. The van der Waals surface area contributed by atoms with Crippen molar-refractivity contribution in [1.29, 1.82) is 0 Å². The van der Waals surface area contributed by atoms with Crippen LogP contribution in [0.4, 0.5) is 5.69 Å². The molecule has 0 spiro atoms. The van der Waals surface area contributed by atoms with Crippen molar-refractivity contribution in [2.45, 2.75) is 31.1 Å². The second-order valence-corrected chi connectivity index (χ2v) is 10.2. The molecule has 2 aromatic carbocycles. The fourth-order valence-electron chi connectivity index (χ4n) is 3.80. The first-order chi connectivity index (χ1) is 15.4. The standard InChI is InChI=1S/C25H27N3O3S/c1-19-12-16-28(17-13-19)32(30,31)24-8-4-22(5-9-24)25(29)27-23-6-2-20(3-7-23)18-21-10-14-26-15-11-21/h2-11,14-15,19H,12-13,16-18H2,1H3,(H,27,29). The van der Waals surface area contributed by atoms with Gasteiger partial charge in [-0.1, -0.05) is 19.1 Å². The van der Waals surface area contributed by atoms with E-state index in [9.17, 15) is 13.2 Å². The van der Waals surface area contributed by atoms with Crippen molar-refractivity contribution in [1.82, 2.24) is 9.29 Å². The second-order valence-electron chi connectivity index (χ2n) is 8.29. The van der Waals surface area contributed by atoms with Gasteiger partial charge in [-0.2, -0.15) is 4.31 Å². The Morgan fingerprint density at radius 2 is 1.53 bits per heavy atom. The Balaban J connectivity index is 1.38. The molecule has 1 aliphatic heterocycles. The molecule has 0 saturated carbocycles. The smallest absolute Gasteiger partial charge is 0.255 e. The molecule has 0 radical (unpaired) electrons. The van der Waals surface area contributed by atoms with E-state index in [1.165, 1.54) is 22.0 Å². The van der Waals surface area contributed by atoms with E-state index in [4.69, 9.17) is 0 Å². The van der Waals surface area contributed by atoms with E-state index in [0.717, 1.165) is 24.8 Å². The molecule has 1 amide bonds. The number of piperidine rings is 1. The topological polar surface area (TPSA) is 79.4 Å². The number of pyridine rings is 1. The van der Waals surface area contributed by atoms with Crippen molar-refractivity contribution >= 4 is 21.6 Å². The van der Waals surface area contributed by atoms with Crippen molar-refractivity contribution < 1.29 is 13.2 Å². The molecule has 32 heavy (non-hydrogen) atoms. The van der Waals surface area contributed by atoms with Crippen molar-refractivity contribution in [2.75, 3.05) is 18.4 Å². The van der Waals surface area contributed by atoms with E-state index in [2.05, 4.69) is 17.2 Å². The number of carbonyl (C=O) groups excluding carboxylic acids is 1. The van der Waals surface area contributed by atoms with Crippen LogP contribution in [0.2, 0.25) is 0 Å². The van der Waals surface area contributed by atoms with Crippen LogP contribution in [0.5, 0.6) is 0 Å². The summed E-state index contributed by atoms with van der Waals surface area (Å²) in [4.78, 5) is 16.9. The van der Waals surface area contributed by atoms with E-state index in [1.54, 1.807) is 24.5 Å². The Morgan fingerprint density at radius 1 is 0.938 bits per heavy atom. The van der Waals surface area contributed by atoms with E-state index >= 15 is 0 Å². The molecule has 6 nitrogen and oxygen atoms in total. The summed E-state index contributed by atoms with van der Waals surface area (Å²) >= 11 is 0. The monoisotopic (exact) mass is 449 g/mol. The van der Waals surface area contributed by atoms with Crippen LogP contribution >= 0.6 is 0 Å². The Kier molecular flexibility index (Phi) is 6.67. The Labute approximate surface area is 189 Å². The Bertz CT molecular complexity index is 1150. The summed E-state index contributed by atoms with van der Waals surface area (Å²) in [6, 6.07) is 17.8. The van der Waals surface area contributed by atoms with Crippen molar-refractivity contribution in [3.63, 3.8) is 0 Å². The minimum Gasteiger partial charge on any atom is -0.322 e. The number of hydrogen-bond donors (Lipinski definition) is 1. The summed E-state index contributed by atoms with van der Waals surface area (Å²) in [7, 11) is -3.52. The minimum atomic E-state index is -3.52. The summed E-state index contributed by atoms with van der Waals surface area (Å²) in [6.45, 7) is 3.23. The van der Waals surface area contributed by atoms with Gasteiger partial charge in [-0.3, -0.25) is 9.78 Å². The van der Waals surface area contributed by atoms with Gasteiger partial charge in [0.25, 0.3) is 5.91 Å². The third-order valence-corrected chi connectivity index (χ3v) is 7.78. The molecule has 1 aromatic heterocycles. The van der Waals surface area contributed by atoms with Crippen LogP contribution in [0, 0.1) is 5.92 Å². The number of hydrogen-bond acceptors (Lipinski definition) is 4. The van der Waals surface area contributed by atoms with Crippen molar-refractivity contribution in [3.05, 3.63) is 89.7 Å². The molecule has 1 fully saturated rings. The molecule has 1 saturated heterocycles. The van der Waals surface area contributed by atoms with Gasteiger partial charge in [0.05, 0.1) is 4.90 Å². The number of anilines is 1. The lowest BCUT2D eigenvalue weighted by Gasteiger charge is -2.29. The van der Waals surface area contributed by atoms with Gasteiger partial charge in [0.15, 0.2) is 0 Å². The molecule has 1 N–H and O–H groups in total. The summed E-state index contributed by atoms with van der Waals surface area (Å²) < 4.78 is 27.2. The molecular formula is C25H27N3O3S. The van der Waals surface area contributed by atoms with Gasteiger partial charge in [-0.15, -0.1) is 0 Å². The third-order valence-electron chi connectivity index (χ3n) is 5.87. The first kappa shape index (κ1) is 22.2. The van der Waals surface area contributed by atoms with Crippen LogP contribution in [0.3, 0.4) is 0 Å². The maximum atomic E-state index is 12.9. The highest BCUT2D eigenvalue weighted by Crippen LogP contribution is 2.24. The van der Waals surface area contributed by atoms with E-state index in [1.807, 2.05) is 36.4 Å². The Hall–Kier alpha value is -3.03. The lowest BCUT2D eigenvalue weighted by Crippen LogP contribution is -2.37. The number of amides is 1. The molecule has 0 unspecified atom stereocenters. The van der Waals surface area contributed by atoms with Crippen LogP contribution in [0.25, 0.3) is 0 Å². The second kappa shape index (κ2) is 9.63. The normalized spacial score (nSPS) is 15.4.